The van der Waals surface area contributed by atoms with Crippen LogP contribution in [-0.4, -0.2) is 26.1 Å². The second-order valence-electron chi connectivity index (χ2n) is 5.29. The Morgan fingerprint density at radius 3 is 2.40 bits per heavy atom. The molecule has 1 unspecified atom stereocenters. The molecule has 0 saturated carbocycles. The predicted molar refractivity (Wildman–Crippen MR) is 82.0 cm³/mol. The van der Waals surface area contributed by atoms with Gasteiger partial charge in [0.15, 0.2) is 0 Å². The molecule has 0 aliphatic carbocycles. The first kappa shape index (κ1) is 17.2. The molecule has 1 rings (SSSR count). The lowest BCUT2D eigenvalue weighted by atomic mass is 9.96. The Morgan fingerprint density at radius 1 is 1.30 bits per heavy atom. The van der Waals surface area contributed by atoms with Gasteiger partial charge in [-0.2, -0.15) is 0 Å². The molecule has 0 aromatic carbocycles. The summed E-state index contributed by atoms with van der Waals surface area (Å²) in [6, 6.07) is 1.67. The number of nitrogens with zero attached hydrogens (tertiary/aromatic N) is 1. The standard InChI is InChI=1S/C14H27N3O2S/c1-6-12(7-2)11(3)16-20(18,19)14-8-13(9-15-4)17(5)10-14/h8,10-12,15-16H,6-7,9H2,1-5H3. The first-order valence-electron chi connectivity index (χ1n) is 7.17. The van der Waals surface area contributed by atoms with Crippen molar-refractivity contribution in [3.05, 3.63) is 18.0 Å². The number of nitrogens with one attached hydrogen (secondary N) is 2. The number of aryl methyl sites for hydroxylation is 1. The van der Waals surface area contributed by atoms with Crippen molar-refractivity contribution < 1.29 is 8.42 Å². The minimum Gasteiger partial charge on any atom is -0.352 e. The van der Waals surface area contributed by atoms with Crippen LogP contribution in [0.1, 0.15) is 39.3 Å². The van der Waals surface area contributed by atoms with E-state index in [0.29, 0.717) is 17.4 Å². The van der Waals surface area contributed by atoms with E-state index in [2.05, 4.69) is 23.9 Å². The highest BCUT2D eigenvalue weighted by Crippen LogP contribution is 2.18. The van der Waals surface area contributed by atoms with Gasteiger partial charge in [0, 0.05) is 31.5 Å². The Kier molecular flexibility index (Phi) is 6.23. The highest BCUT2D eigenvalue weighted by molar-refractivity contribution is 7.89. The van der Waals surface area contributed by atoms with Gasteiger partial charge < -0.3 is 9.88 Å². The maximum atomic E-state index is 12.4. The minimum atomic E-state index is -3.44. The molecule has 5 nitrogen and oxygen atoms in total. The number of hydrogen-bond donors (Lipinski definition) is 2. The normalized spacial score (nSPS) is 13.9. The van der Waals surface area contributed by atoms with Crippen LogP contribution < -0.4 is 10.0 Å². The molecule has 0 spiro atoms. The molecule has 1 aromatic heterocycles. The van der Waals surface area contributed by atoms with E-state index in [1.54, 1.807) is 12.3 Å². The molecule has 0 bridgehead atoms. The minimum absolute atomic E-state index is 0.0528. The number of aromatic nitrogens is 1. The Bertz CT molecular complexity index is 519. The van der Waals surface area contributed by atoms with Gasteiger partial charge in [-0.25, -0.2) is 13.1 Å². The van der Waals surface area contributed by atoms with Crippen molar-refractivity contribution >= 4 is 10.0 Å². The summed E-state index contributed by atoms with van der Waals surface area (Å²) < 4.78 is 29.4. The third-order valence-corrected chi connectivity index (χ3v) is 5.37. The van der Waals surface area contributed by atoms with E-state index >= 15 is 0 Å². The Morgan fingerprint density at radius 2 is 1.90 bits per heavy atom. The van der Waals surface area contributed by atoms with E-state index < -0.39 is 10.0 Å². The fraction of sp³-hybridized carbons (Fsp3) is 0.714. The first-order chi connectivity index (χ1) is 9.35. The summed E-state index contributed by atoms with van der Waals surface area (Å²) in [6.07, 6.45) is 3.61. The molecule has 0 aliphatic heterocycles. The van der Waals surface area contributed by atoms with Crippen LogP contribution >= 0.6 is 0 Å². The van der Waals surface area contributed by atoms with Gasteiger partial charge >= 0.3 is 0 Å². The van der Waals surface area contributed by atoms with Crippen LogP contribution in [0.15, 0.2) is 17.2 Å². The lowest BCUT2D eigenvalue weighted by Gasteiger charge is -2.21. The zero-order chi connectivity index (χ0) is 15.3. The molecule has 1 heterocycles. The Hall–Kier alpha value is -0.850. The van der Waals surface area contributed by atoms with E-state index in [-0.39, 0.29) is 6.04 Å². The van der Waals surface area contributed by atoms with Gasteiger partial charge in [-0.3, -0.25) is 0 Å². The molecular weight excluding hydrogens is 274 g/mol. The lowest BCUT2D eigenvalue weighted by molar-refractivity contribution is 0.390. The molecule has 116 valence electrons. The zero-order valence-corrected chi connectivity index (χ0v) is 13.9. The molecule has 6 heteroatoms. The van der Waals surface area contributed by atoms with Crippen molar-refractivity contribution in [2.45, 2.75) is 51.1 Å². The SMILES string of the molecule is CCC(CC)C(C)NS(=O)(=O)c1cc(CNC)n(C)c1. The average Bonchev–Trinajstić information content (AvgIpc) is 2.73. The number of rotatable bonds is 8. The number of hydrogen-bond acceptors (Lipinski definition) is 3. The Labute approximate surface area is 122 Å². The Balaban J connectivity index is 2.91. The van der Waals surface area contributed by atoms with Gasteiger partial charge in [0.2, 0.25) is 10.0 Å². The molecule has 0 saturated heterocycles. The third-order valence-electron chi connectivity index (χ3n) is 3.85. The van der Waals surface area contributed by atoms with Crippen LogP contribution in [0, 0.1) is 5.92 Å². The maximum Gasteiger partial charge on any atom is 0.242 e. The van der Waals surface area contributed by atoms with Crippen molar-refractivity contribution in [1.29, 1.82) is 0 Å². The predicted octanol–water partition coefficient (Wildman–Crippen LogP) is 1.85. The van der Waals surface area contributed by atoms with E-state index in [1.165, 1.54) is 0 Å². The van der Waals surface area contributed by atoms with Crippen molar-refractivity contribution in [2.75, 3.05) is 7.05 Å². The van der Waals surface area contributed by atoms with Crippen molar-refractivity contribution in [2.24, 2.45) is 13.0 Å². The summed E-state index contributed by atoms with van der Waals surface area (Å²) in [6.45, 7) is 6.76. The fourth-order valence-corrected chi connectivity index (χ4v) is 3.89. The van der Waals surface area contributed by atoms with Gasteiger partial charge in [0.1, 0.15) is 0 Å². The van der Waals surface area contributed by atoms with Gasteiger partial charge in [-0.1, -0.05) is 26.7 Å². The van der Waals surface area contributed by atoms with Gasteiger partial charge in [0.25, 0.3) is 0 Å². The molecule has 20 heavy (non-hydrogen) atoms. The molecule has 2 N–H and O–H groups in total. The van der Waals surface area contributed by atoms with E-state index in [4.69, 9.17) is 0 Å². The zero-order valence-electron chi connectivity index (χ0n) is 13.1. The van der Waals surface area contributed by atoms with E-state index in [1.807, 2.05) is 25.6 Å². The van der Waals surface area contributed by atoms with Crippen LogP contribution in [0.3, 0.4) is 0 Å². The van der Waals surface area contributed by atoms with Crippen LogP contribution in [0.25, 0.3) is 0 Å². The van der Waals surface area contributed by atoms with Crippen LogP contribution in [0.4, 0.5) is 0 Å². The van der Waals surface area contributed by atoms with Crippen molar-refractivity contribution in [3.8, 4) is 0 Å². The second-order valence-corrected chi connectivity index (χ2v) is 7.01. The lowest BCUT2D eigenvalue weighted by Crippen LogP contribution is -2.37. The van der Waals surface area contributed by atoms with Crippen molar-refractivity contribution in [1.82, 2.24) is 14.6 Å². The number of sulfonamides is 1. The molecule has 1 atom stereocenters. The monoisotopic (exact) mass is 301 g/mol. The smallest absolute Gasteiger partial charge is 0.242 e. The summed E-state index contributed by atoms with van der Waals surface area (Å²) >= 11 is 0. The topological polar surface area (TPSA) is 63.1 Å². The largest absolute Gasteiger partial charge is 0.352 e. The molecule has 0 aliphatic rings. The summed E-state index contributed by atoms with van der Waals surface area (Å²) in [5, 5.41) is 3.03. The molecule has 0 fully saturated rings. The third kappa shape index (κ3) is 4.07. The van der Waals surface area contributed by atoms with Crippen LogP contribution in [0.5, 0.6) is 0 Å². The van der Waals surface area contributed by atoms with E-state index in [0.717, 1.165) is 18.5 Å². The van der Waals surface area contributed by atoms with Crippen LogP contribution in [-0.2, 0) is 23.6 Å². The molecule has 1 aromatic rings. The molecule has 0 amide bonds. The molecular formula is C14H27N3O2S. The fourth-order valence-electron chi connectivity index (χ4n) is 2.49. The maximum absolute atomic E-state index is 12.4. The van der Waals surface area contributed by atoms with Crippen molar-refractivity contribution in [3.63, 3.8) is 0 Å². The highest BCUT2D eigenvalue weighted by atomic mass is 32.2. The van der Waals surface area contributed by atoms with Crippen LogP contribution in [0.2, 0.25) is 0 Å². The molecule has 0 radical (unpaired) electrons. The summed E-state index contributed by atoms with van der Waals surface area (Å²) in [5.74, 6) is 0.366. The second kappa shape index (κ2) is 7.24. The van der Waals surface area contributed by atoms with E-state index in [9.17, 15) is 8.42 Å². The summed E-state index contributed by atoms with van der Waals surface area (Å²) in [5.41, 5.74) is 0.947. The first-order valence-corrected chi connectivity index (χ1v) is 8.66. The quantitative estimate of drug-likeness (QED) is 0.770. The summed E-state index contributed by atoms with van der Waals surface area (Å²) in [4.78, 5) is 0.336. The average molecular weight is 301 g/mol. The van der Waals surface area contributed by atoms with Gasteiger partial charge in [0.05, 0.1) is 4.90 Å². The van der Waals surface area contributed by atoms with Gasteiger partial charge in [-0.15, -0.1) is 0 Å². The highest BCUT2D eigenvalue weighted by Gasteiger charge is 2.23. The summed E-state index contributed by atoms with van der Waals surface area (Å²) in [7, 11) is 0.256. The van der Waals surface area contributed by atoms with Gasteiger partial charge in [-0.05, 0) is 26.0 Å².